The number of hydrogen-bond donors (Lipinski definition) is 2. The quantitative estimate of drug-likeness (QED) is 0.524. The smallest absolute Gasteiger partial charge is 0.191 e. The maximum absolute atomic E-state index is 5.98. The van der Waals surface area contributed by atoms with Crippen molar-refractivity contribution in [3.63, 3.8) is 0 Å². The fourth-order valence-corrected chi connectivity index (χ4v) is 3.77. The van der Waals surface area contributed by atoms with Crippen LogP contribution in [0.2, 0.25) is 0 Å². The van der Waals surface area contributed by atoms with Crippen molar-refractivity contribution < 1.29 is 9.47 Å². The molecule has 1 aliphatic rings. The Morgan fingerprint density at radius 3 is 2.57 bits per heavy atom. The second-order valence-corrected chi connectivity index (χ2v) is 7.99. The first-order chi connectivity index (χ1) is 13.8. The lowest BCUT2D eigenvalue weighted by atomic mass is 10.1. The second kappa shape index (κ2) is 11.1. The van der Waals surface area contributed by atoms with Gasteiger partial charge < -0.3 is 20.1 Å². The molecule has 2 aromatic rings. The van der Waals surface area contributed by atoms with E-state index in [-0.39, 0.29) is 0 Å². The highest BCUT2D eigenvalue weighted by Gasteiger charge is 2.13. The lowest BCUT2D eigenvalue weighted by Gasteiger charge is -2.22. The van der Waals surface area contributed by atoms with Crippen LogP contribution in [0.25, 0.3) is 0 Å². The molecule has 7 heteroatoms. The summed E-state index contributed by atoms with van der Waals surface area (Å²) in [5.41, 5.74) is 2.41. The van der Waals surface area contributed by atoms with Crippen LogP contribution < -0.4 is 10.6 Å². The summed E-state index contributed by atoms with van der Waals surface area (Å²) in [7, 11) is 1.78. The predicted molar refractivity (Wildman–Crippen MR) is 114 cm³/mol. The van der Waals surface area contributed by atoms with Gasteiger partial charge in [-0.3, -0.25) is 4.99 Å². The van der Waals surface area contributed by atoms with Crippen molar-refractivity contribution in [2.75, 3.05) is 20.3 Å². The van der Waals surface area contributed by atoms with Crippen molar-refractivity contribution >= 4 is 17.3 Å². The van der Waals surface area contributed by atoms with Gasteiger partial charge in [-0.15, -0.1) is 11.3 Å². The number of thiazole rings is 1. The fourth-order valence-electron chi connectivity index (χ4n) is 2.97. The van der Waals surface area contributed by atoms with Crippen LogP contribution in [-0.2, 0) is 35.6 Å². The zero-order valence-corrected chi connectivity index (χ0v) is 17.6. The second-order valence-electron chi connectivity index (χ2n) is 6.79. The highest BCUT2D eigenvalue weighted by Crippen LogP contribution is 2.14. The van der Waals surface area contributed by atoms with Gasteiger partial charge in [0.1, 0.15) is 5.01 Å². The molecule has 1 aromatic heterocycles. The Morgan fingerprint density at radius 1 is 1.18 bits per heavy atom. The summed E-state index contributed by atoms with van der Waals surface area (Å²) in [4.78, 5) is 10.0. The van der Waals surface area contributed by atoms with Crippen LogP contribution >= 0.6 is 11.3 Å². The Labute approximate surface area is 171 Å². The molecule has 0 aliphatic carbocycles. The summed E-state index contributed by atoms with van der Waals surface area (Å²) in [6.07, 6.45) is 5.30. The molecule has 0 radical (unpaired) electrons. The molecule has 0 saturated carbocycles. The Balaban J connectivity index is 1.40. The maximum atomic E-state index is 5.98. The van der Waals surface area contributed by atoms with Crippen LogP contribution in [-0.4, -0.2) is 37.3 Å². The van der Waals surface area contributed by atoms with E-state index in [9.17, 15) is 0 Å². The minimum Gasteiger partial charge on any atom is -0.381 e. The van der Waals surface area contributed by atoms with Crippen LogP contribution in [0.3, 0.4) is 0 Å². The average Bonchev–Trinajstić information content (AvgIpc) is 3.22. The van der Waals surface area contributed by atoms with Crippen molar-refractivity contribution in [3.8, 4) is 0 Å². The minimum atomic E-state index is 0.329. The Kier molecular flexibility index (Phi) is 8.26. The van der Waals surface area contributed by atoms with E-state index >= 15 is 0 Å². The lowest BCUT2D eigenvalue weighted by Crippen LogP contribution is -2.36. The van der Waals surface area contributed by atoms with E-state index in [0.29, 0.717) is 19.3 Å². The highest BCUT2D eigenvalue weighted by atomic mass is 32.1. The topological polar surface area (TPSA) is 67.8 Å². The van der Waals surface area contributed by atoms with Gasteiger partial charge in [-0.05, 0) is 30.4 Å². The van der Waals surface area contributed by atoms with Gasteiger partial charge in [0.2, 0.25) is 0 Å². The molecule has 0 bridgehead atoms. The van der Waals surface area contributed by atoms with Crippen LogP contribution in [0.4, 0.5) is 0 Å². The summed E-state index contributed by atoms with van der Waals surface area (Å²) in [5.74, 6) is 0.778. The number of nitrogens with zero attached hydrogens (tertiary/aromatic N) is 2. The maximum Gasteiger partial charge on any atom is 0.191 e. The molecule has 0 amide bonds. The highest BCUT2D eigenvalue weighted by molar-refractivity contribution is 7.11. The number of aryl methyl sites for hydroxylation is 1. The molecule has 3 rings (SSSR count). The number of benzene rings is 1. The molecule has 0 unspecified atom stereocenters. The first-order valence-corrected chi connectivity index (χ1v) is 10.7. The van der Waals surface area contributed by atoms with Crippen LogP contribution in [0.15, 0.2) is 35.5 Å². The minimum absolute atomic E-state index is 0.329. The van der Waals surface area contributed by atoms with Gasteiger partial charge in [-0.1, -0.05) is 31.2 Å². The number of aromatic nitrogens is 1. The molecule has 1 saturated heterocycles. The summed E-state index contributed by atoms with van der Waals surface area (Å²) < 4.78 is 11.3. The van der Waals surface area contributed by atoms with Crippen molar-refractivity contribution in [2.45, 2.75) is 52.0 Å². The molecule has 2 N–H and O–H groups in total. The summed E-state index contributed by atoms with van der Waals surface area (Å²) in [6, 6.07) is 8.54. The molecule has 2 heterocycles. The summed E-state index contributed by atoms with van der Waals surface area (Å²) >= 11 is 1.74. The zero-order valence-electron chi connectivity index (χ0n) is 16.7. The largest absolute Gasteiger partial charge is 0.381 e. The van der Waals surface area contributed by atoms with E-state index in [0.717, 1.165) is 50.0 Å². The molecule has 6 nitrogen and oxygen atoms in total. The fraction of sp³-hybridized carbons (Fsp3) is 0.524. The molecule has 1 aromatic carbocycles. The van der Waals surface area contributed by atoms with Gasteiger partial charge in [0, 0.05) is 37.9 Å². The first kappa shape index (κ1) is 20.8. The Hall–Kier alpha value is -1.96. The lowest BCUT2D eigenvalue weighted by molar-refractivity contribution is -0.0390. The SMILES string of the molecule is CCc1cnc(CNC(=NC)NCc2ccc(COC3CCOCC3)cc2)s1. The van der Waals surface area contributed by atoms with E-state index in [1.165, 1.54) is 16.0 Å². The van der Waals surface area contributed by atoms with E-state index in [1.807, 2.05) is 6.20 Å². The number of ether oxygens (including phenoxy) is 2. The Morgan fingerprint density at radius 2 is 1.89 bits per heavy atom. The number of rotatable bonds is 8. The standard InChI is InChI=1S/C21H30N4O2S/c1-3-19-13-23-20(28-19)14-25-21(22-2)24-12-16-4-6-17(7-5-16)15-27-18-8-10-26-11-9-18/h4-7,13,18H,3,8-12,14-15H2,1-2H3,(H2,22,24,25). The van der Waals surface area contributed by atoms with Gasteiger partial charge in [0.05, 0.1) is 19.3 Å². The molecular formula is C21H30N4O2S. The third-order valence-corrected chi connectivity index (χ3v) is 5.86. The summed E-state index contributed by atoms with van der Waals surface area (Å²) in [5, 5.41) is 7.75. The molecular weight excluding hydrogens is 372 g/mol. The van der Waals surface area contributed by atoms with Gasteiger partial charge >= 0.3 is 0 Å². The third kappa shape index (κ3) is 6.58. The van der Waals surface area contributed by atoms with Gasteiger partial charge in [-0.25, -0.2) is 4.98 Å². The van der Waals surface area contributed by atoms with Crippen molar-refractivity contribution in [1.82, 2.24) is 15.6 Å². The number of hydrogen-bond acceptors (Lipinski definition) is 5. The van der Waals surface area contributed by atoms with Crippen LogP contribution in [0.1, 0.15) is 40.8 Å². The van der Waals surface area contributed by atoms with Crippen molar-refractivity contribution in [2.24, 2.45) is 4.99 Å². The van der Waals surface area contributed by atoms with Crippen LogP contribution in [0.5, 0.6) is 0 Å². The van der Waals surface area contributed by atoms with Gasteiger partial charge in [0.15, 0.2) is 5.96 Å². The van der Waals surface area contributed by atoms with Gasteiger partial charge in [0.25, 0.3) is 0 Å². The normalized spacial score (nSPS) is 15.6. The molecule has 0 spiro atoms. The molecule has 28 heavy (non-hydrogen) atoms. The molecule has 0 atom stereocenters. The Bertz CT molecular complexity index is 739. The number of nitrogens with one attached hydrogen (secondary N) is 2. The van der Waals surface area contributed by atoms with E-state index < -0.39 is 0 Å². The van der Waals surface area contributed by atoms with Crippen molar-refractivity contribution in [1.29, 1.82) is 0 Å². The monoisotopic (exact) mass is 402 g/mol. The first-order valence-electron chi connectivity index (χ1n) is 9.92. The van der Waals surface area contributed by atoms with E-state index in [1.54, 1.807) is 18.4 Å². The average molecular weight is 403 g/mol. The summed E-state index contributed by atoms with van der Waals surface area (Å²) in [6.45, 7) is 5.84. The van der Waals surface area contributed by atoms with E-state index in [2.05, 4.69) is 51.8 Å². The third-order valence-electron chi connectivity index (χ3n) is 4.72. The van der Waals surface area contributed by atoms with Gasteiger partial charge in [-0.2, -0.15) is 0 Å². The zero-order chi connectivity index (χ0) is 19.6. The van der Waals surface area contributed by atoms with Crippen LogP contribution in [0, 0.1) is 0 Å². The van der Waals surface area contributed by atoms with E-state index in [4.69, 9.17) is 9.47 Å². The van der Waals surface area contributed by atoms with Crippen molar-refractivity contribution in [3.05, 3.63) is 51.5 Å². The predicted octanol–water partition coefficient (Wildman–Crippen LogP) is 3.27. The molecule has 152 valence electrons. The number of aliphatic imine (C=N–C) groups is 1. The number of guanidine groups is 1. The molecule has 1 fully saturated rings. The molecule has 1 aliphatic heterocycles.